The smallest absolute Gasteiger partial charge is 0.409 e. The van der Waals surface area contributed by atoms with Gasteiger partial charge < -0.3 is 19.3 Å². The molecule has 30 heavy (non-hydrogen) atoms. The number of benzene rings is 1. The quantitative estimate of drug-likeness (QED) is 0.688. The van der Waals surface area contributed by atoms with Gasteiger partial charge in [0.05, 0.1) is 24.5 Å². The van der Waals surface area contributed by atoms with E-state index in [1.54, 1.807) is 28.9 Å². The van der Waals surface area contributed by atoms with E-state index >= 15 is 0 Å². The third kappa shape index (κ3) is 4.86. The first kappa shape index (κ1) is 22.4. The molecule has 1 atom stereocenters. The van der Waals surface area contributed by atoms with Crippen molar-refractivity contribution in [2.45, 2.75) is 24.7 Å². The lowest BCUT2D eigenvalue weighted by Crippen LogP contribution is -2.54. The van der Waals surface area contributed by atoms with E-state index < -0.39 is 10.0 Å². The van der Waals surface area contributed by atoms with Gasteiger partial charge in [-0.3, -0.25) is 4.79 Å². The van der Waals surface area contributed by atoms with Crippen LogP contribution in [0.1, 0.15) is 19.8 Å². The van der Waals surface area contributed by atoms with Crippen molar-refractivity contribution in [1.29, 1.82) is 0 Å². The minimum absolute atomic E-state index is 0.0480. The molecule has 2 aliphatic heterocycles. The molecule has 2 saturated heterocycles. The number of amides is 2. The molecule has 1 aromatic carbocycles. The number of ether oxygens (including phenoxy) is 2. The fourth-order valence-corrected chi connectivity index (χ4v) is 5.37. The van der Waals surface area contributed by atoms with Gasteiger partial charge in [-0.05, 0) is 44.0 Å². The topological polar surface area (TPSA) is 96.5 Å². The van der Waals surface area contributed by atoms with Crippen LogP contribution in [0.25, 0.3) is 0 Å². The van der Waals surface area contributed by atoms with Gasteiger partial charge in [-0.15, -0.1) is 0 Å². The predicted octanol–water partition coefficient (Wildman–Crippen LogP) is 1.40. The first-order chi connectivity index (χ1) is 14.4. The molecule has 0 radical (unpaired) electrons. The van der Waals surface area contributed by atoms with E-state index in [-0.39, 0.29) is 29.4 Å². The van der Waals surface area contributed by atoms with Crippen LogP contribution in [-0.4, -0.2) is 87.5 Å². The Morgan fingerprint density at radius 1 is 1.03 bits per heavy atom. The lowest BCUT2D eigenvalue weighted by Gasteiger charge is -2.38. The van der Waals surface area contributed by atoms with Crippen LogP contribution in [0.15, 0.2) is 29.2 Å². The average molecular weight is 440 g/mol. The molecule has 0 aromatic heterocycles. The van der Waals surface area contributed by atoms with Crippen molar-refractivity contribution in [3.8, 4) is 5.75 Å². The van der Waals surface area contributed by atoms with E-state index in [0.717, 1.165) is 0 Å². The van der Waals surface area contributed by atoms with Gasteiger partial charge in [0.2, 0.25) is 15.9 Å². The molecule has 9 nitrogen and oxygen atoms in total. The molecular formula is C20H29N3O6S. The number of carbonyl (C=O) groups excluding carboxylic acids is 2. The summed E-state index contributed by atoms with van der Waals surface area (Å²) < 4.78 is 37.5. The Hall–Kier alpha value is -2.33. The summed E-state index contributed by atoms with van der Waals surface area (Å²) >= 11 is 0. The summed E-state index contributed by atoms with van der Waals surface area (Å²) in [4.78, 5) is 28.3. The standard InChI is InChI=1S/C20H29N3O6S/c1-3-29-20(25)22-13-11-21(12-14-22)19(24)16-5-4-10-23(15-16)30(26,27)18-8-6-17(28-2)7-9-18/h6-9,16H,3-5,10-15H2,1-2H3/t16-/m1/s1. The second-order valence-corrected chi connectivity index (χ2v) is 9.33. The molecule has 0 aliphatic carbocycles. The van der Waals surface area contributed by atoms with Crippen molar-refractivity contribution in [2.24, 2.45) is 5.92 Å². The highest BCUT2D eigenvalue weighted by Crippen LogP contribution is 2.26. The monoisotopic (exact) mass is 439 g/mol. The van der Waals surface area contributed by atoms with Gasteiger partial charge in [0, 0.05) is 39.3 Å². The zero-order valence-corrected chi connectivity index (χ0v) is 18.3. The molecule has 0 bridgehead atoms. The summed E-state index contributed by atoms with van der Waals surface area (Å²) in [6.45, 7) is 4.35. The van der Waals surface area contributed by atoms with Gasteiger partial charge in [-0.25, -0.2) is 13.2 Å². The SMILES string of the molecule is CCOC(=O)N1CCN(C(=O)[C@@H]2CCCN(S(=O)(=O)c3ccc(OC)cc3)C2)CC1. The van der Waals surface area contributed by atoms with Crippen molar-refractivity contribution in [3.05, 3.63) is 24.3 Å². The zero-order valence-electron chi connectivity index (χ0n) is 17.5. The van der Waals surface area contributed by atoms with Gasteiger partial charge in [0.1, 0.15) is 5.75 Å². The molecule has 0 N–H and O–H groups in total. The molecule has 0 unspecified atom stereocenters. The molecule has 2 amide bonds. The lowest BCUT2D eigenvalue weighted by atomic mass is 9.98. The second kappa shape index (κ2) is 9.65. The van der Waals surface area contributed by atoms with E-state index in [9.17, 15) is 18.0 Å². The number of piperazine rings is 1. The van der Waals surface area contributed by atoms with Crippen LogP contribution in [-0.2, 0) is 19.6 Å². The van der Waals surface area contributed by atoms with Gasteiger partial charge in [0.25, 0.3) is 0 Å². The summed E-state index contributed by atoms with van der Waals surface area (Å²) in [6.07, 6.45) is 0.930. The molecule has 3 rings (SSSR count). The van der Waals surface area contributed by atoms with E-state index in [1.807, 2.05) is 0 Å². The van der Waals surface area contributed by atoms with Gasteiger partial charge in [-0.2, -0.15) is 4.31 Å². The van der Waals surface area contributed by atoms with Crippen LogP contribution in [0.4, 0.5) is 4.79 Å². The number of carbonyl (C=O) groups is 2. The number of piperidine rings is 1. The van der Waals surface area contributed by atoms with Crippen LogP contribution in [0.3, 0.4) is 0 Å². The number of methoxy groups -OCH3 is 1. The fourth-order valence-electron chi connectivity index (χ4n) is 3.84. The van der Waals surface area contributed by atoms with Crippen LogP contribution >= 0.6 is 0 Å². The first-order valence-electron chi connectivity index (χ1n) is 10.2. The van der Waals surface area contributed by atoms with Crippen LogP contribution in [0, 0.1) is 5.92 Å². The maximum absolute atomic E-state index is 13.0. The summed E-state index contributed by atoms with van der Waals surface area (Å²) in [6, 6.07) is 6.27. The molecule has 0 spiro atoms. The molecule has 166 valence electrons. The van der Waals surface area contributed by atoms with Crippen molar-refractivity contribution < 1.29 is 27.5 Å². The summed E-state index contributed by atoms with van der Waals surface area (Å²) in [5.74, 6) is 0.164. The molecule has 2 heterocycles. The highest BCUT2D eigenvalue weighted by Gasteiger charge is 2.36. The lowest BCUT2D eigenvalue weighted by molar-refractivity contribution is -0.138. The molecule has 10 heteroatoms. The molecular weight excluding hydrogens is 410 g/mol. The van der Waals surface area contributed by atoms with Crippen LogP contribution in [0.2, 0.25) is 0 Å². The van der Waals surface area contributed by atoms with Crippen LogP contribution < -0.4 is 4.74 Å². The molecule has 2 aliphatic rings. The van der Waals surface area contributed by atoms with Crippen molar-refractivity contribution >= 4 is 22.0 Å². The zero-order chi connectivity index (χ0) is 21.7. The molecule has 0 saturated carbocycles. The third-order valence-electron chi connectivity index (χ3n) is 5.55. The van der Waals surface area contributed by atoms with Gasteiger partial charge >= 0.3 is 6.09 Å². The Morgan fingerprint density at radius 3 is 2.27 bits per heavy atom. The molecule has 2 fully saturated rings. The fraction of sp³-hybridized carbons (Fsp3) is 0.600. The maximum Gasteiger partial charge on any atom is 0.409 e. The van der Waals surface area contributed by atoms with Gasteiger partial charge in [0.15, 0.2) is 0 Å². The number of sulfonamides is 1. The van der Waals surface area contributed by atoms with E-state index in [1.165, 1.54) is 23.5 Å². The summed E-state index contributed by atoms with van der Waals surface area (Å²) in [7, 11) is -2.15. The summed E-state index contributed by atoms with van der Waals surface area (Å²) in [5, 5.41) is 0. The number of hydrogen-bond acceptors (Lipinski definition) is 6. The van der Waals surface area contributed by atoms with Crippen molar-refractivity contribution in [1.82, 2.24) is 14.1 Å². The maximum atomic E-state index is 13.0. The first-order valence-corrected chi connectivity index (χ1v) is 11.7. The van der Waals surface area contributed by atoms with E-state index in [4.69, 9.17) is 9.47 Å². The Balaban J connectivity index is 1.61. The minimum Gasteiger partial charge on any atom is -0.497 e. The largest absolute Gasteiger partial charge is 0.497 e. The highest BCUT2D eigenvalue weighted by atomic mass is 32.2. The second-order valence-electron chi connectivity index (χ2n) is 7.39. The number of rotatable bonds is 5. The Kier molecular flexibility index (Phi) is 7.19. The number of hydrogen-bond donors (Lipinski definition) is 0. The van der Waals surface area contributed by atoms with Crippen molar-refractivity contribution in [2.75, 3.05) is 53.0 Å². The minimum atomic E-state index is -3.67. The third-order valence-corrected chi connectivity index (χ3v) is 7.43. The van der Waals surface area contributed by atoms with Crippen molar-refractivity contribution in [3.63, 3.8) is 0 Å². The highest BCUT2D eigenvalue weighted by molar-refractivity contribution is 7.89. The van der Waals surface area contributed by atoms with E-state index in [2.05, 4.69) is 0 Å². The Labute approximate surface area is 177 Å². The molecule has 1 aromatic rings. The number of nitrogens with zero attached hydrogens (tertiary/aromatic N) is 3. The van der Waals surface area contributed by atoms with Gasteiger partial charge in [-0.1, -0.05) is 0 Å². The van der Waals surface area contributed by atoms with E-state index in [0.29, 0.717) is 57.9 Å². The summed E-state index contributed by atoms with van der Waals surface area (Å²) in [5.41, 5.74) is 0. The average Bonchev–Trinajstić information content (AvgIpc) is 2.79. The van der Waals surface area contributed by atoms with Crippen LogP contribution in [0.5, 0.6) is 5.75 Å². The predicted molar refractivity (Wildman–Crippen MR) is 110 cm³/mol. The Morgan fingerprint density at radius 2 is 1.67 bits per heavy atom. The normalized spacial score (nSPS) is 20.7. The Bertz CT molecular complexity index is 850.